The van der Waals surface area contributed by atoms with Crippen LogP contribution in [0.25, 0.3) is 5.65 Å². The Kier molecular flexibility index (Phi) is 10.1. The smallest absolute Gasteiger partial charge is 0.407 e. The summed E-state index contributed by atoms with van der Waals surface area (Å²) in [5.41, 5.74) is 2.97. The Labute approximate surface area is 265 Å². The lowest BCUT2D eigenvalue weighted by atomic mass is 9.85. The third-order valence-corrected chi connectivity index (χ3v) is 8.40. The van der Waals surface area contributed by atoms with Crippen LogP contribution in [0.1, 0.15) is 90.2 Å². The second kappa shape index (κ2) is 14.0. The second-order valence-electron chi connectivity index (χ2n) is 13.7. The second-order valence-corrected chi connectivity index (χ2v) is 13.7. The molecule has 2 aromatic heterocycles. The number of hydrogen-bond donors (Lipinski definition) is 3. The normalized spacial score (nSPS) is 19.8. The Balaban J connectivity index is 1.19. The SMILES string of the molecule is CC(C)c1cnn2c(NCc3cccc(NC(=O)C4CCC(NC(=O)OC(C)(C)C)CC4)c3)nc(OC3CCN(C)CC3)nc12. The Morgan fingerprint density at radius 2 is 1.78 bits per heavy atom. The lowest BCUT2D eigenvalue weighted by molar-refractivity contribution is -0.120. The third kappa shape index (κ3) is 8.84. The summed E-state index contributed by atoms with van der Waals surface area (Å²) in [5, 5.41) is 14.0. The number of aromatic nitrogens is 4. The summed E-state index contributed by atoms with van der Waals surface area (Å²) in [6, 6.07) is 8.19. The number of carbonyl (C=O) groups excluding carboxylic acids is 2. The zero-order valence-electron chi connectivity index (χ0n) is 27.4. The monoisotopic (exact) mass is 620 g/mol. The van der Waals surface area contributed by atoms with Gasteiger partial charge in [0.15, 0.2) is 5.65 Å². The quantitative estimate of drug-likeness (QED) is 0.289. The molecule has 0 radical (unpaired) electrons. The van der Waals surface area contributed by atoms with Crippen molar-refractivity contribution in [1.82, 2.24) is 29.8 Å². The number of rotatable bonds is 9. The van der Waals surface area contributed by atoms with Crippen molar-refractivity contribution in [3.8, 4) is 6.01 Å². The minimum Gasteiger partial charge on any atom is -0.460 e. The highest BCUT2D eigenvalue weighted by atomic mass is 16.6. The van der Waals surface area contributed by atoms with Gasteiger partial charge < -0.3 is 30.3 Å². The first-order valence-corrected chi connectivity index (χ1v) is 16.2. The molecule has 1 saturated carbocycles. The summed E-state index contributed by atoms with van der Waals surface area (Å²) in [7, 11) is 2.13. The van der Waals surface area contributed by atoms with Gasteiger partial charge in [-0.15, -0.1) is 0 Å². The molecule has 1 aromatic carbocycles. The number of anilines is 2. The molecule has 244 valence electrons. The number of piperidine rings is 1. The summed E-state index contributed by atoms with van der Waals surface area (Å²) in [4.78, 5) is 37.0. The van der Waals surface area contributed by atoms with Crippen LogP contribution >= 0.6 is 0 Å². The molecule has 1 aliphatic carbocycles. The molecule has 0 bridgehead atoms. The predicted octanol–water partition coefficient (Wildman–Crippen LogP) is 5.35. The zero-order valence-corrected chi connectivity index (χ0v) is 27.4. The van der Waals surface area contributed by atoms with Gasteiger partial charge in [-0.05, 0) is 90.0 Å². The van der Waals surface area contributed by atoms with E-state index >= 15 is 0 Å². The maximum atomic E-state index is 13.1. The van der Waals surface area contributed by atoms with Crippen LogP contribution in [0.15, 0.2) is 30.5 Å². The summed E-state index contributed by atoms with van der Waals surface area (Å²) in [6.45, 7) is 12.2. The van der Waals surface area contributed by atoms with Gasteiger partial charge in [-0.3, -0.25) is 4.79 Å². The Hall–Kier alpha value is -3.93. The molecule has 5 rings (SSSR count). The van der Waals surface area contributed by atoms with Crippen LogP contribution in [0.5, 0.6) is 6.01 Å². The van der Waals surface area contributed by atoms with Gasteiger partial charge in [0.2, 0.25) is 11.9 Å². The number of amides is 2. The standard InChI is InChI=1S/C33H48N8O4/c1-21(2)27-20-35-41-28(27)38-31(44-26-14-16-40(6)17-15-26)39-30(41)34-19-22-8-7-9-25(18-22)36-29(42)23-10-12-24(13-11-23)37-32(43)45-33(3,4)5/h7-9,18,20-21,23-24,26H,10-17,19H2,1-6H3,(H,36,42)(H,37,43)(H,34,38,39). The number of likely N-dealkylation sites (tertiary alicyclic amines) is 1. The molecule has 0 unspecified atom stereocenters. The van der Waals surface area contributed by atoms with E-state index in [2.05, 4.69) is 46.8 Å². The van der Waals surface area contributed by atoms with Gasteiger partial charge in [0, 0.05) is 42.8 Å². The van der Waals surface area contributed by atoms with E-state index in [1.807, 2.05) is 51.2 Å². The van der Waals surface area contributed by atoms with Crippen LogP contribution in [0, 0.1) is 5.92 Å². The highest BCUT2D eigenvalue weighted by Crippen LogP contribution is 2.27. The van der Waals surface area contributed by atoms with E-state index in [0.29, 0.717) is 31.3 Å². The summed E-state index contributed by atoms with van der Waals surface area (Å²) < 4.78 is 13.4. The van der Waals surface area contributed by atoms with Gasteiger partial charge in [-0.25, -0.2) is 4.79 Å². The fraction of sp³-hybridized carbons (Fsp3) is 0.606. The van der Waals surface area contributed by atoms with E-state index in [4.69, 9.17) is 19.4 Å². The molecule has 12 heteroatoms. The van der Waals surface area contributed by atoms with Crippen molar-refractivity contribution in [1.29, 1.82) is 0 Å². The Morgan fingerprint density at radius 1 is 1.04 bits per heavy atom. The maximum absolute atomic E-state index is 13.1. The fourth-order valence-electron chi connectivity index (χ4n) is 5.86. The predicted molar refractivity (Wildman–Crippen MR) is 174 cm³/mol. The lowest BCUT2D eigenvalue weighted by Gasteiger charge is -2.29. The molecule has 1 aliphatic heterocycles. The van der Waals surface area contributed by atoms with Gasteiger partial charge in [0.05, 0.1) is 6.20 Å². The maximum Gasteiger partial charge on any atom is 0.407 e. The van der Waals surface area contributed by atoms with Gasteiger partial charge in [-0.2, -0.15) is 19.6 Å². The Bertz CT molecular complexity index is 1470. The number of benzene rings is 1. The molecule has 3 heterocycles. The summed E-state index contributed by atoms with van der Waals surface area (Å²) in [6.07, 6.45) is 6.30. The van der Waals surface area contributed by atoms with E-state index in [0.717, 1.165) is 61.2 Å². The van der Waals surface area contributed by atoms with Crippen molar-refractivity contribution < 1.29 is 19.1 Å². The molecule has 2 amide bonds. The number of ether oxygens (including phenoxy) is 2. The number of alkyl carbamates (subject to hydrolysis) is 1. The summed E-state index contributed by atoms with van der Waals surface area (Å²) in [5.74, 6) is 0.705. The minimum atomic E-state index is -0.535. The largest absolute Gasteiger partial charge is 0.460 e. The fourth-order valence-corrected chi connectivity index (χ4v) is 5.86. The number of nitrogens with zero attached hydrogens (tertiary/aromatic N) is 5. The van der Waals surface area contributed by atoms with Crippen molar-refractivity contribution in [3.63, 3.8) is 0 Å². The van der Waals surface area contributed by atoms with Crippen molar-refractivity contribution in [3.05, 3.63) is 41.6 Å². The van der Waals surface area contributed by atoms with Crippen molar-refractivity contribution in [2.75, 3.05) is 30.8 Å². The average Bonchev–Trinajstić information content (AvgIpc) is 3.41. The molecule has 45 heavy (non-hydrogen) atoms. The minimum absolute atomic E-state index is 0.00166. The lowest BCUT2D eigenvalue weighted by Crippen LogP contribution is -2.42. The molecule has 2 fully saturated rings. The van der Waals surface area contributed by atoms with E-state index in [1.54, 1.807) is 4.52 Å². The molecular weight excluding hydrogens is 572 g/mol. The van der Waals surface area contributed by atoms with Crippen molar-refractivity contribution >= 4 is 29.3 Å². The first-order valence-electron chi connectivity index (χ1n) is 16.2. The van der Waals surface area contributed by atoms with Crippen LogP contribution in [0.3, 0.4) is 0 Å². The number of fused-ring (bicyclic) bond motifs is 1. The first-order chi connectivity index (χ1) is 21.4. The topological polar surface area (TPSA) is 135 Å². The molecular formula is C33H48N8O4. The number of carbonyl (C=O) groups is 2. The molecule has 1 saturated heterocycles. The van der Waals surface area contributed by atoms with Gasteiger partial charge in [-0.1, -0.05) is 26.0 Å². The first kappa shape index (κ1) is 32.5. The van der Waals surface area contributed by atoms with Crippen molar-refractivity contribution in [2.45, 2.75) is 103 Å². The Morgan fingerprint density at radius 3 is 2.47 bits per heavy atom. The number of hydrogen-bond acceptors (Lipinski definition) is 9. The van der Waals surface area contributed by atoms with Crippen LogP contribution in [-0.4, -0.2) is 74.4 Å². The van der Waals surface area contributed by atoms with E-state index in [9.17, 15) is 9.59 Å². The van der Waals surface area contributed by atoms with Crippen LogP contribution in [0.4, 0.5) is 16.4 Å². The molecule has 0 atom stereocenters. The van der Waals surface area contributed by atoms with Crippen LogP contribution < -0.4 is 20.7 Å². The van der Waals surface area contributed by atoms with E-state index < -0.39 is 11.7 Å². The van der Waals surface area contributed by atoms with Gasteiger partial charge in [0.25, 0.3) is 0 Å². The molecule has 3 aromatic rings. The highest BCUT2D eigenvalue weighted by molar-refractivity contribution is 5.92. The number of nitrogens with one attached hydrogen (secondary N) is 3. The van der Waals surface area contributed by atoms with Gasteiger partial charge >= 0.3 is 12.1 Å². The highest BCUT2D eigenvalue weighted by Gasteiger charge is 2.28. The van der Waals surface area contributed by atoms with E-state index in [-0.39, 0.29) is 29.9 Å². The zero-order chi connectivity index (χ0) is 32.1. The third-order valence-electron chi connectivity index (χ3n) is 8.40. The van der Waals surface area contributed by atoms with E-state index in [1.165, 1.54) is 0 Å². The molecule has 2 aliphatic rings. The van der Waals surface area contributed by atoms with Crippen LogP contribution in [0.2, 0.25) is 0 Å². The summed E-state index contributed by atoms with van der Waals surface area (Å²) >= 11 is 0. The van der Waals surface area contributed by atoms with Crippen molar-refractivity contribution in [2.24, 2.45) is 5.92 Å². The van der Waals surface area contributed by atoms with Gasteiger partial charge in [0.1, 0.15) is 11.7 Å². The molecule has 3 N–H and O–H groups in total. The molecule has 12 nitrogen and oxygen atoms in total. The van der Waals surface area contributed by atoms with Crippen LogP contribution in [-0.2, 0) is 16.1 Å². The average molecular weight is 621 g/mol. The molecule has 0 spiro atoms.